The molecule has 0 unspecified atom stereocenters. The van der Waals surface area contributed by atoms with Gasteiger partial charge in [-0.2, -0.15) is 0 Å². The van der Waals surface area contributed by atoms with Gasteiger partial charge in [0.2, 0.25) is 5.91 Å². The number of hydrogen-bond acceptors (Lipinski definition) is 3. The second-order valence-corrected chi connectivity index (χ2v) is 5.13. The number of carbonyl (C=O) groups is 1. The summed E-state index contributed by atoms with van der Waals surface area (Å²) in [5, 5.41) is 2.90. The predicted molar refractivity (Wildman–Crippen MR) is 83.5 cm³/mol. The van der Waals surface area contributed by atoms with Gasteiger partial charge in [0, 0.05) is 5.69 Å². The normalized spacial score (nSPS) is 16.9. The van der Waals surface area contributed by atoms with E-state index >= 15 is 0 Å². The lowest BCUT2D eigenvalue weighted by molar-refractivity contribution is -0.122. The van der Waals surface area contributed by atoms with Crippen LogP contribution >= 0.6 is 12.4 Å². The first-order valence-electron chi connectivity index (χ1n) is 6.97. The molecule has 20 heavy (non-hydrogen) atoms. The Morgan fingerprint density at radius 2 is 1.85 bits per heavy atom. The van der Waals surface area contributed by atoms with Crippen molar-refractivity contribution in [2.45, 2.75) is 44.6 Å². The quantitative estimate of drug-likeness (QED) is 0.897. The molecule has 1 saturated carbocycles. The van der Waals surface area contributed by atoms with Gasteiger partial charge in [0.15, 0.2) is 0 Å². The lowest BCUT2D eigenvalue weighted by atomic mass is 9.82. The molecule has 0 aliphatic heterocycles. The molecule has 1 aromatic rings. The number of benzene rings is 1. The molecule has 4 nitrogen and oxygen atoms in total. The first kappa shape index (κ1) is 16.8. The maximum Gasteiger partial charge on any atom is 0.244 e. The summed E-state index contributed by atoms with van der Waals surface area (Å²) in [7, 11) is 0. The summed E-state index contributed by atoms with van der Waals surface area (Å²) in [6.45, 7) is 2.58. The Hall–Kier alpha value is -1.26. The molecule has 0 atom stereocenters. The van der Waals surface area contributed by atoms with Crippen molar-refractivity contribution in [3.63, 3.8) is 0 Å². The number of anilines is 1. The Kier molecular flexibility index (Phi) is 6.30. The lowest BCUT2D eigenvalue weighted by Gasteiger charge is -2.31. The number of amides is 1. The maximum atomic E-state index is 12.2. The number of carbonyl (C=O) groups excluding carboxylic acids is 1. The highest BCUT2D eigenvalue weighted by molar-refractivity contribution is 5.98. The molecule has 1 fully saturated rings. The molecule has 0 bridgehead atoms. The Labute approximate surface area is 126 Å². The third-order valence-electron chi connectivity index (χ3n) is 3.62. The van der Waals surface area contributed by atoms with Crippen molar-refractivity contribution < 1.29 is 9.53 Å². The van der Waals surface area contributed by atoms with Crippen molar-refractivity contribution in [1.29, 1.82) is 0 Å². The number of rotatable bonds is 4. The molecule has 0 aromatic heterocycles. The predicted octanol–water partition coefficient (Wildman–Crippen LogP) is 3.11. The summed E-state index contributed by atoms with van der Waals surface area (Å²) in [5.74, 6) is 0.733. The van der Waals surface area contributed by atoms with Gasteiger partial charge in [-0.3, -0.25) is 4.79 Å². The summed E-state index contributed by atoms with van der Waals surface area (Å²) in [6, 6.07) is 7.39. The van der Waals surface area contributed by atoms with Gasteiger partial charge >= 0.3 is 0 Å². The van der Waals surface area contributed by atoms with E-state index in [9.17, 15) is 4.79 Å². The fourth-order valence-electron chi connectivity index (χ4n) is 2.47. The zero-order chi connectivity index (χ0) is 13.7. The van der Waals surface area contributed by atoms with Crippen LogP contribution in [0.3, 0.4) is 0 Å². The maximum absolute atomic E-state index is 12.2. The van der Waals surface area contributed by atoms with E-state index in [1.165, 1.54) is 6.42 Å². The van der Waals surface area contributed by atoms with Crippen molar-refractivity contribution in [3.05, 3.63) is 24.3 Å². The van der Waals surface area contributed by atoms with E-state index < -0.39 is 5.54 Å². The topological polar surface area (TPSA) is 64.3 Å². The molecule has 1 amide bonds. The largest absolute Gasteiger partial charge is 0.494 e. The fraction of sp³-hybridized carbons (Fsp3) is 0.533. The Morgan fingerprint density at radius 1 is 1.25 bits per heavy atom. The van der Waals surface area contributed by atoms with Gasteiger partial charge in [-0.1, -0.05) is 19.3 Å². The van der Waals surface area contributed by atoms with Crippen LogP contribution in [0.25, 0.3) is 0 Å². The number of ether oxygens (including phenoxy) is 1. The highest BCUT2D eigenvalue weighted by atomic mass is 35.5. The second kappa shape index (κ2) is 7.50. The average molecular weight is 299 g/mol. The highest BCUT2D eigenvalue weighted by Gasteiger charge is 2.35. The van der Waals surface area contributed by atoms with Gasteiger partial charge in [0.1, 0.15) is 5.75 Å². The number of hydrogen-bond donors (Lipinski definition) is 2. The van der Waals surface area contributed by atoms with Gasteiger partial charge in [0.05, 0.1) is 12.1 Å². The standard InChI is InChI=1S/C15H22N2O2.ClH/c1-2-19-13-8-6-12(7-9-13)17-14(18)15(16)10-4-3-5-11-15;/h6-9H,2-5,10-11,16H2,1H3,(H,17,18);1H. The zero-order valence-corrected chi connectivity index (χ0v) is 12.7. The van der Waals surface area contributed by atoms with Crippen molar-refractivity contribution in [3.8, 4) is 5.75 Å². The second-order valence-electron chi connectivity index (χ2n) is 5.13. The third kappa shape index (κ3) is 4.12. The minimum atomic E-state index is -0.698. The molecular formula is C15H23ClN2O2. The first-order valence-corrected chi connectivity index (χ1v) is 6.97. The number of nitrogens with one attached hydrogen (secondary N) is 1. The molecule has 0 radical (unpaired) electrons. The SMILES string of the molecule is CCOc1ccc(NC(=O)C2(N)CCCCC2)cc1.Cl. The van der Waals surface area contributed by atoms with Crippen LogP contribution in [0.5, 0.6) is 5.75 Å². The molecule has 0 heterocycles. The number of nitrogens with two attached hydrogens (primary N) is 1. The summed E-state index contributed by atoms with van der Waals surface area (Å²) in [4.78, 5) is 12.2. The summed E-state index contributed by atoms with van der Waals surface area (Å²) < 4.78 is 5.36. The van der Waals surface area contributed by atoms with Crippen molar-refractivity contribution in [2.75, 3.05) is 11.9 Å². The van der Waals surface area contributed by atoms with Crippen LogP contribution in [0, 0.1) is 0 Å². The molecule has 112 valence electrons. The van der Waals surface area contributed by atoms with Crippen LogP contribution in [0.2, 0.25) is 0 Å². The van der Waals surface area contributed by atoms with Crippen LogP contribution in [0.4, 0.5) is 5.69 Å². The summed E-state index contributed by atoms with van der Waals surface area (Å²) in [5.41, 5.74) is 6.26. The molecule has 5 heteroatoms. The third-order valence-corrected chi connectivity index (χ3v) is 3.62. The summed E-state index contributed by atoms with van der Waals surface area (Å²) in [6.07, 6.45) is 4.79. The molecule has 2 rings (SSSR count). The monoisotopic (exact) mass is 298 g/mol. The number of halogens is 1. The molecule has 1 aliphatic rings. The Bertz CT molecular complexity index is 428. The van der Waals surface area contributed by atoms with E-state index in [1.54, 1.807) is 0 Å². The van der Waals surface area contributed by atoms with Crippen molar-refractivity contribution >= 4 is 24.0 Å². The van der Waals surface area contributed by atoms with E-state index in [2.05, 4.69) is 5.32 Å². The van der Waals surface area contributed by atoms with Crippen molar-refractivity contribution in [1.82, 2.24) is 0 Å². The molecule has 0 saturated heterocycles. The van der Waals surface area contributed by atoms with Crippen molar-refractivity contribution in [2.24, 2.45) is 5.73 Å². The van der Waals surface area contributed by atoms with E-state index in [-0.39, 0.29) is 18.3 Å². The fourth-order valence-corrected chi connectivity index (χ4v) is 2.47. The van der Waals surface area contributed by atoms with E-state index in [0.717, 1.165) is 37.1 Å². The minimum Gasteiger partial charge on any atom is -0.494 e. The smallest absolute Gasteiger partial charge is 0.244 e. The zero-order valence-electron chi connectivity index (χ0n) is 11.9. The molecule has 1 aromatic carbocycles. The molecule has 3 N–H and O–H groups in total. The van der Waals surface area contributed by atoms with Crippen LogP contribution in [0.15, 0.2) is 24.3 Å². The van der Waals surface area contributed by atoms with E-state index in [1.807, 2.05) is 31.2 Å². The van der Waals surface area contributed by atoms with Gasteiger partial charge < -0.3 is 15.8 Å². The lowest BCUT2D eigenvalue weighted by Crippen LogP contribution is -2.52. The average Bonchev–Trinajstić information content (AvgIpc) is 2.42. The highest BCUT2D eigenvalue weighted by Crippen LogP contribution is 2.27. The first-order chi connectivity index (χ1) is 9.14. The van der Waals surface area contributed by atoms with Crippen LogP contribution in [-0.4, -0.2) is 18.1 Å². The molecular weight excluding hydrogens is 276 g/mol. The van der Waals surface area contributed by atoms with Gasteiger partial charge in [-0.15, -0.1) is 12.4 Å². The summed E-state index contributed by atoms with van der Waals surface area (Å²) >= 11 is 0. The Balaban J connectivity index is 0.00000200. The molecule has 0 spiro atoms. The van der Waals surface area contributed by atoms with Crippen LogP contribution in [0.1, 0.15) is 39.0 Å². The minimum absolute atomic E-state index is 0. The Morgan fingerprint density at radius 3 is 2.40 bits per heavy atom. The van der Waals surface area contributed by atoms with E-state index in [0.29, 0.717) is 6.61 Å². The van der Waals surface area contributed by atoms with Crippen LogP contribution in [-0.2, 0) is 4.79 Å². The van der Waals surface area contributed by atoms with Crippen LogP contribution < -0.4 is 15.8 Å². The van der Waals surface area contributed by atoms with Gasteiger partial charge in [0.25, 0.3) is 0 Å². The van der Waals surface area contributed by atoms with E-state index in [4.69, 9.17) is 10.5 Å². The van der Waals surface area contributed by atoms with Gasteiger partial charge in [-0.05, 0) is 44.0 Å². The van der Waals surface area contributed by atoms with Gasteiger partial charge in [-0.25, -0.2) is 0 Å². The molecule has 1 aliphatic carbocycles.